The molecule has 1 unspecified atom stereocenters. The van der Waals surface area contributed by atoms with E-state index in [2.05, 4.69) is 53.2 Å². The van der Waals surface area contributed by atoms with Crippen molar-refractivity contribution in [1.29, 1.82) is 0 Å². The van der Waals surface area contributed by atoms with E-state index in [-0.39, 0.29) is 24.0 Å². The van der Waals surface area contributed by atoms with E-state index in [0.717, 1.165) is 44.5 Å². The molecule has 0 radical (unpaired) electrons. The summed E-state index contributed by atoms with van der Waals surface area (Å²) >= 11 is 0. The molecule has 3 rings (SSSR count). The minimum Gasteiger partial charge on any atom is -0.357 e. The molecule has 4 nitrogen and oxygen atoms in total. The van der Waals surface area contributed by atoms with Crippen LogP contribution in [0.15, 0.2) is 29.3 Å². The average molecular weight is 470 g/mol. The smallest absolute Gasteiger partial charge is 0.194 e. The van der Waals surface area contributed by atoms with Crippen LogP contribution in [0.5, 0.6) is 0 Å². The first-order valence-corrected chi connectivity index (χ1v) is 10.1. The van der Waals surface area contributed by atoms with E-state index in [9.17, 15) is 0 Å². The molecule has 0 aromatic heterocycles. The van der Waals surface area contributed by atoms with E-state index >= 15 is 0 Å². The van der Waals surface area contributed by atoms with Crippen molar-refractivity contribution in [2.45, 2.75) is 46.1 Å². The Bertz CT molecular complexity index is 569. The summed E-state index contributed by atoms with van der Waals surface area (Å²) in [7, 11) is 0. The third-order valence-electron chi connectivity index (χ3n) is 5.53. The molecule has 2 aliphatic rings. The zero-order valence-corrected chi connectivity index (χ0v) is 18.7. The first-order valence-electron chi connectivity index (χ1n) is 10.1. The second kappa shape index (κ2) is 11.1. The van der Waals surface area contributed by atoms with Gasteiger partial charge in [-0.05, 0) is 62.7 Å². The molecule has 0 saturated carbocycles. The van der Waals surface area contributed by atoms with Crippen molar-refractivity contribution in [3.05, 3.63) is 35.4 Å². The molecule has 2 heterocycles. The lowest BCUT2D eigenvalue weighted by Gasteiger charge is -2.23. The lowest BCUT2D eigenvalue weighted by Crippen LogP contribution is -2.40. The monoisotopic (exact) mass is 470 g/mol. The van der Waals surface area contributed by atoms with Crippen molar-refractivity contribution >= 4 is 29.9 Å². The maximum Gasteiger partial charge on any atom is 0.194 e. The van der Waals surface area contributed by atoms with Gasteiger partial charge in [0.2, 0.25) is 0 Å². The Balaban J connectivity index is 0.00000243. The molecule has 146 valence electrons. The van der Waals surface area contributed by atoms with Gasteiger partial charge in [0.15, 0.2) is 5.96 Å². The number of guanidine groups is 1. The molecule has 0 aliphatic carbocycles. The van der Waals surface area contributed by atoms with Crippen LogP contribution in [0.4, 0.5) is 0 Å². The molecule has 1 aromatic carbocycles. The number of nitrogens with one attached hydrogen (secondary N) is 1. The number of aliphatic imine (C=N–C) groups is 1. The normalized spacial score (nSPS) is 21.1. The van der Waals surface area contributed by atoms with Crippen LogP contribution >= 0.6 is 24.0 Å². The predicted octanol–water partition coefficient (Wildman–Crippen LogP) is 3.75. The standard InChI is InChI=1S/C21H34N4.HI/c1-3-19-9-5-6-10-20(19)15-23-21(22-4-2)25-14-11-18(17-25)16-24-12-7-8-13-24;/h5-6,9-10,18H,3-4,7-8,11-17H2,1-2H3,(H,22,23);1H. The summed E-state index contributed by atoms with van der Waals surface area (Å²) in [6, 6.07) is 8.69. The number of hydrogen-bond acceptors (Lipinski definition) is 2. The third-order valence-corrected chi connectivity index (χ3v) is 5.53. The molecule has 0 spiro atoms. The molecule has 1 N–H and O–H groups in total. The Morgan fingerprint density at radius 3 is 2.54 bits per heavy atom. The number of rotatable bonds is 6. The van der Waals surface area contributed by atoms with Crippen LogP contribution in [0, 0.1) is 5.92 Å². The molecule has 0 amide bonds. The minimum absolute atomic E-state index is 0. The third kappa shape index (κ3) is 5.84. The SMILES string of the molecule is CCNC(=NCc1ccccc1CC)N1CCC(CN2CCCC2)C1.I. The van der Waals surface area contributed by atoms with Crippen molar-refractivity contribution in [2.24, 2.45) is 10.9 Å². The average Bonchev–Trinajstić information content (AvgIpc) is 3.31. The summed E-state index contributed by atoms with van der Waals surface area (Å²) in [6.45, 7) is 12.3. The second-order valence-corrected chi connectivity index (χ2v) is 7.40. The Morgan fingerprint density at radius 2 is 1.85 bits per heavy atom. The fraction of sp³-hybridized carbons (Fsp3) is 0.667. The fourth-order valence-corrected chi connectivity index (χ4v) is 4.15. The van der Waals surface area contributed by atoms with Gasteiger partial charge in [-0.3, -0.25) is 0 Å². The number of likely N-dealkylation sites (tertiary alicyclic amines) is 2. The van der Waals surface area contributed by atoms with E-state index in [1.165, 1.54) is 50.0 Å². The van der Waals surface area contributed by atoms with Gasteiger partial charge in [-0.25, -0.2) is 4.99 Å². The van der Waals surface area contributed by atoms with E-state index in [4.69, 9.17) is 4.99 Å². The molecular weight excluding hydrogens is 435 g/mol. The predicted molar refractivity (Wildman–Crippen MR) is 121 cm³/mol. The molecule has 26 heavy (non-hydrogen) atoms. The molecule has 2 saturated heterocycles. The molecular formula is C21H35IN4. The van der Waals surface area contributed by atoms with Crippen LogP contribution in [0.1, 0.15) is 44.2 Å². The maximum atomic E-state index is 4.96. The summed E-state index contributed by atoms with van der Waals surface area (Å²) in [4.78, 5) is 10.1. The Labute approximate surface area is 176 Å². The van der Waals surface area contributed by atoms with Gasteiger partial charge in [-0.15, -0.1) is 24.0 Å². The van der Waals surface area contributed by atoms with Crippen LogP contribution in [0.25, 0.3) is 0 Å². The number of benzene rings is 1. The van der Waals surface area contributed by atoms with Gasteiger partial charge < -0.3 is 15.1 Å². The van der Waals surface area contributed by atoms with Gasteiger partial charge in [0.05, 0.1) is 6.54 Å². The highest BCUT2D eigenvalue weighted by Gasteiger charge is 2.27. The molecule has 5 heteroatoms. The van der Waals surface area contributed by atoms with Crippen molar-refractivity contribution in [2.75, 3.05) is 39.3 Å². The Kier molecular flexibility index (Phi) is 9.19. The van der Waals surface area contributed by atoms with E-state index < -0.39 is 0 Å². The van der Waals surface area contributed by atoms with Crippen LogP contribution in [0.3, 0.4) is 0 Å². The zero-order chi connectivity index (χ0) is 17.5. The molecule has 0 bridgehead atoms. The van der Waals surface area contributed by atoms with Crippen LogP contribution in [0.2, 0.25) is 0 Å². The van der Waals surface area contributed by atoms with E-state index in [1.54, 1.807) is 0 Å². The fourth-order valence-electron chi connectivity index (χ4n) is 4.15. The quantitative estimate of drug-likeness (QED) is 0.391. The Hall–Kier alpha value is -0.820. The van der Waals surface area contributed by atoms with Crippen LogP contribution in [-0.2, 0) is 13.0 Å². The summed E-state index contributed by atoms with van der Waals surface area (Å²) in [6.07, 6.45) is 5.14. The van der Waals surface area contributed by atoms with Gasteiger partial charge in [-0.2, -0.15) is 0 Å². The molecule has 1 atom stereocenters. The summed E-state index contributed by atoms with van der Waals surface area (Å²) in [5, 5.41) is 3.51. The second-order valence-electron chi connectivity index (χ2n) is 7.40. The summed E-state index contributed by atoms with van der Waals surface area (Å²) in [5.41, 5.74) is 2.77. The maximum absolute atomic E-state index is 4.96. The van der Waals surface area contributed by atoms with Gasteiger partial charge in [0.1, 0.15) is 0 Å². The van der Waals surface area contributed by atoms with E-state index in [0.29, 0.717) is 0 Å². The van der Waals surface area contributed by atoms with Crippen molar-refractivity contribution in [3.63, 3.8) is 0 Å². The largest absolute Gasteiger partial charge is 0.357 e. The highest BCUT2D eigenvalue weighted by molar-refractivity contribution is 14.0. The van der Waals surface area contributed by atoms with Crippen LogP contribution in [-0.4, -0.2) is 55.0 Å². The number of nitrogens with zero attached hydrogens (tertiary/aromatic N) is 3. The van der Waals surface area contributed by atoms with Gasteiger partial charge in [0, 0.05) is 26.2 Å². The highest BCUT2D eigenvalue weighted by atomic mass is 127. The van der Waals surface area contributed by atoms with Crippen LogP contribution < -0.4 is 5.32 Å². The van der Waals surface area contributed by atoms with Gasteiger partial charge in [0.25, 0.3) is 0 Å². The topological polar surface area (TPSA) is 30.9 Å². The summed E-state index contributed by atoms with van der Waals surface area (Å²) < 4.78 is 0. The lowest BCUT2D eigenvalue weighted by molar-refractivity contribution is 0.281. The first kappa shape index (κ1) is 21.5. The number of aryl methyl sites for hydroxylation is 1. The zero-order valence-electron chi connectivity index (χ0n) is 16.4. The number of hydrogen-bond donors (Lipinski definition) is 1. The molecule has 2 aliphatic heterocycles. The molecule has 1 aromatic rings. The van der Waals surface area contributed by atoms with E-state index in [1.807, 2.05) is 0 Å². The van der Waals surface area contributed by atoms with Gasteiger partial charge in [-0.1, -0.05) is 31.2 Å². The van der Waals surface area contributed by atoms with Crippen molar-refractivity contribution in [3.8, 4) is 0 Å². The Morgan fingerprint density at radius 1 is 1.12 bits per heavy atom. The van der Waals surface area contributed by atoms with Crippen molar-refractivity contribution < 1.29 is 0 Å². The minimum atomic E-state index is 0. The van der Waals surface area contributed by atoms with Crippen molar-refractivity contribution in [1.82, 2.24) is 15.1 Å². The summed E-state index contributed by atoms with van der Waals surface area (Å²) in [5.74, 6) is 1.89. The van der Waals surface area contributed by atoms with Gasteiger partial charge >= 0.3 is 0 Å². The molecule has 2 fully saturated rings. The lowest BCUT2D eigenvalue weighted by atomic mass is 10.1. The highest BCUT2D eigenvalue weighted by Crippen LogP contribution is 2.20. The number of halogens is 1. The first-order chi connectivity index (χ1) is 12.3.